The Morgan fingerprint density at radius 1 is 1.12 bits per heavy atom. The molecular formula is C19H21N3O3. The summed E-state index contributed by atoms with van der Waals surface area (Å²) in [6, 6.07) is 14.1. The van der Waals surface area contributed by atoms with Crippen LogP contribution in [-0.2, 0) is 4.79 Å². The molecule has 3 N–H and O–H groups in total. The molecule has 0 saturated carbocycles. The van der Waals surface area contributed by atoms with Crippen molar-refractivity contribution < 1.29 is 14.3 Å². The smallest absolute Gasteiger partial charge is 0.251 e. The number of anilines is 2. The summed E-state index contributed by atoms with van der Waals surface area (Å²) >= 11 is 0. The minimum Gasteiger partial charge on any atom is -0.487 e. The highest BCUT2D eigenvalue weighted by Crippen LogP contribution is 2.23. The van der Waals surface area contributed by atoms with Crippen LogP contribution in [-0.4, -0.2) is 32.0 Å². The predicted octanol–water partition coefficient (Wildman–Crippen LogP) is 2.66. The molecule has 6 nitrogen and oxygen atoms in total. The molecule has 2 aromatic carbocycles. The second-order valence-electron chi connectivity index (χ2n) is 5.15. The fraction of sp³-hybridized carbons (Fsp3) is 0.158. The molecule has 2 aromatic rings. The van der Waals surface area contributed by atoms with Crippen LogP contribution in [0.4, 0.5) is 11.4 Å². The van der Waals surface area contributed by atoms with Crippen LogP contribution in [0.25, 0.3) is 0 Å². The number of carbonyl (C=O) groups is 2. The van der Waals surface area contributed by atoms with Crippen molar-refractivity contribution in [2.75, 3.05) is 30.8 Å². The summed E-state index contributed by atoms with van der Waals surface area (Å²) in [6.45, 7) is 4.06. The highest BCUT2D eigenvalue weighted by atomic mass is 16.5. The molecule has 0 spiro atoms. The van der Waals surface area contributed by atoms with Gasteiger partial charge in [0.05, 0.1) is 12.2 Å². The molecule has 25 heavy (non-hydrogen) atoms. The lowest BCUT2D eigenvalue weighted by Gasteiger charge is -2.12. The number of hydrogen-bond acceptors (Lipinski definition) is 4. The third-order valence-electron chi connectivity index (χ3n) is 3.35. The first-order valence-corrected chi connectivity index (χ1v) is 7.82. The van der Waals surface area contributed by atoms with Gasteiger partial charge in [-0.15, -0.1) is 0 Å². The molecule has 0 unspecified atom stereocenters. The second-order valence-corrected chi connectivity index (χ2v) is 5.15. The van der Waals surface area contributed by atoms with E-state index in [1.807, 2.05) is 12.1 Å². The highest BCUT2D eigenvalue weighted by Gasteiger charge is 2.08. The van der Waals surface area contributed by atoms with E-state index in [1.165, 1.54) is 0 Å². The average molecular weight is 339 g/mol. The number of carbonyl (C=O) groups excluding carboxylic acids is 2. The summed E-state index contributed by atoms with van der Waals surface area (Å²) in [5.74, 6) is 0.233. The Morgan fingerprint density at radius 3 is 2.52 bits per heavy atom. The second kappa shape index (κ2) is 9.12. The molecule has 0 heterocycles. The van der Waals surface area contributed by atoms with Gasteiger partial charge in [-0.1, -0.05) is 24.8 Å². The zero-order chi connectivity index (χ0) is 18.1. The van der Waals surface area contributed by atoms with Crippen molar-refractivity contribution in [2.45, 2.75) is 0 Å². The van der Waals surface area contributed by atoms with E-state index in [4.69, 9.17) is 4.74 Å². The predicted molar refractivity (Wildman–Crippen MR) is 99.1 cm³/mol. The third kappa shape index (κ3) is 5.39. The zero-order valence-corrected chi connectivity index (χ0v) is 14.0. The minimum atomic E-state index is -0.204. The van der Waals surface area contributed by atoms with E-state index >= 15 is 0 Å². The van der Waals surface area contributed by atoms with E-state index in [0.29, 0.717) is 23.6 Å². The minimum absolute atomic E-state index is 0.0924. The number of para-hydroxylation sites is 2. The molecular weight excluding hydrogens is 318 g/mol. The van der Waals surface area contributed by atoms with Crippen LogP contribution in [0.2, 0.25) is 0 Å². The molecule has 0 aromatic heterocycles. The molecule has 0 aliphatic rings. The van der Waals surface area contributed by atoms with E-state index in [2.05, 4.69) is 22.5 Å². The number of nitrogens with one attached hydrogen (secondary N) is 3. The van der Waals surface area contributed by atoms with Crippen LogP contribution < -0.4 is 20.7 Å². The third-order valence-corrected chi connectivity index (χ3v) is 3.35. The van der Waals surface area contributed by atoms with E-state index in [-0.39, 0.29) is 18.4 Å². The maximum absolute atomic E-state index is 12.1. The normalized spacial score (nSPS) is 9.80. The number of benzene rings is 2. The van der Waals surface area contributed by atoms with Crippen LogP contribution in [0, 0.1) is 0 Å². The zero-order valence-electron chi connectivity index (χ0n) is 14.0. The van der Waals surface area contributed by atoms with Gasteiger partial charge in [-0.25, -0.2) is 0 Å². The summed E-state index contributed by atoms with van der Waals surface area (Å²) < 4.78 is 5.51. The standard InChI is InChI=1S/C19H21N3O3/c1-3-12-25-17-7-5-4-6-16(17)22-18(23)13-21-15-10-8-14(9-11-15)19(24)20-2/h3-11,21H,1,12-13H2,2H3,(H,20,24)(H,22,23). The van der Waals surface area contributed by atoms with Crippen molar-refractivity contribution in [3.8, 4) is 5.75 Å². The SMILES string of the molecule is C=CCOc1ccccc1NC(=O)CNc1ccc(C(=O)NC)cc1. The van der Waals surface area contributed by atoms with Crippen LogP contribution in [0.5, 0.6) is 5.75 Å². The Hall–Kier alpha value is -3.28. The van der Waals surface area contributed by atoms with Gasteiger partial charge in [0.1, 0.15) is 12.4 Å². The van der Waals surface area contributed by atoms with E-state index in [1.54, 1.807) is 49.5 Å². The van der Waals surface area contributed by atoms with E-state index in [0.717, 1.165) is 5.69 Å². The van der Waals surface area contributed by atoms with Gasteiger partial charge >= 0.3 is 0 Å². The fourth-order valence-electron chi connectivity index (χ4n) is 2.11. The van der Waals surface area contributed by atoms with Crippen LogP contribution in [0.15, 0.2) is 61.2 Å². The quantitative estimate of drug-likeness (QED) is 0.646. The molecule has 0 bridgehead atoms. The first-order chi connectivity index (χ1) is 12.1. The maximum Gasteiger partial charge on any atom is 0.251 e. The molecule has 0 atom stereocenters. The largest absolute Gasteiger partial charge is 0.487 e. The van der Waals surface area contributed by atoms with Gasteiger partial charge < -0.3 is 20.7 Å². The molecule has 0 aliphatic carbocycles. The lowest BCUT2D eigenvalue weighted by atomic mass is 10.2. The summed E-state index contributed by atoms with van der Waals surface area (Å²) in [7, 11) is 1.58. The van der Waals surface area contributed by atoms with E-state index < -0.39 is 0 Å². The molecule has 0 radical (unpaired) electrons. The maximum atomic E-state index is 12.1. The number of rotatable bonds is 8. The molecule has 2 rings (SSSR count). The summed E-state index contributed by atoms with van der Waals surface area (Å²) in [5.41, 5.74) is 1.91. The monoisotopic (exact) mass is 339 g/mol. The number of hydrogen-bond donors (Lipinski definition) is 3. The average Bonchev–Trinajstić information content (AvgIpc) is 2.65. The van der Waals surface area contributed by atoms with Gasteiger partial charge in [0.2, 0.25) is 5.91 Å². The Balaban J connectivity index is 1.90. The number of amides is 2. The van der Waals surface area contributed by atoms with Gasteiger partial charge in [0.25, 0.3) is 5.91 Å². The summed E-state index contributed by atoms with van der Waals surface area (Å²) in [5, 5.41) is 8.37. The molecule has 130 valence electrons. The van der Waals surface area contributed by atoms with Crippen molar-refractivity contribution in [3.05, 3.63) is 66.7 Å². The Bertz CT molecular complexity index is 742. The molecule has 2 amide bonds. The van der Waals surface area contributed by atoms with Crippen LogP contribution in [0.1, 0.15) is 10.4 Å². The van der Waals surface area contributed by atoms with Crippen molar-refractivity contribution in [1.29, 1.82) is 0 Å². The van der Waals surface area contributed by atoms with Gasteiger partial charge in [-0.3, -0.25) is 9.59 Å². The van der Waals surface area contributed by atoms with Crippen LogP contribution >= 0.6 is 0 Å². The Morgan fingerprint density at radius 2 is 1.84 bits per heavy atom. The lowest BCUT2D eigenvalue weighted by Crippen LogP contribution is -2.22. The topological polar surface area (TPSA) is 79.5 Å². The van der Waals surface area contributed by atoms with Crippen molar-refractivity contribution in [1.82, 2.24) is 5.32 Å². The van der Waals surface area contributed by atoms with Crippen LogP contribution in [0.3, 0.4) is 0 Å². The lowest BCUT2D eigenvalue weighted by molar-refractivity contribution is -0.114. The first kappa shape index (κ1) is 18.1. The molecule has 6 heteroatoms. The molecule has 0 fully saturated rings. The highest BCUT2D eigenvalue weighted by molar-refractivity contribution is 5.96. The molecule has 0 saturated heterocycles. The van der Waals surface area contributed by atoms with Crippen molar-refractivity contribution in [3.63, 3.8) is 0 Å². The van der Waals surface area contributed by atoms with E-state index in [9.17, 15) is 9.59 Å². The van der Waals surface area contributed by atoms with Gasteiger partial charge in [0, 0.05) is 18.3 Å². The Labute approximate surface area is 146 Å². The van der Waals surface area contributed by atoms with Crippen molar-refractivity contribution >= 4 is 23.2 Å². The van der Waals surface area contributed by atoms with Gasteiger partial charge in [-0.05, 0) is 36.4 Å². The van der Waals surface area contributed by atoms with Gasteiger partial charge in [0.15, 0.2) is 0 Å². The summed E-state index contributed by atoms with van der Waals surface area (Å²) in [4.78, 5) is 23.6. The number of ether oxygens (including phenoxy) is 1. The first-order valence-electron chi connectivity index (χ1n) is 7.82. The molecule has 0 aliphatic heterocycles. The van der Waals surface area contributed by atoms with Gasteiger partial charge in [-0.2, -0.15) is 0 Å². The fourth-order valence-corrected chi connectivity index (χ4v) is 2.11. The summed E-state index contributed by atoms with van der Waals surface area (Å²) in [6.07, 6.45) is 1.64. The van der Waals surface area contributed by atoms with Crippen molar-refractivity contribution in [2.24, 2.45) is 0 Å². The Kier molecular flexibility index (Phi) is 6.59.